The summed E-state index contributed by atoms with van der Waals surface area (Å²) in [6.45, 7) is 5.39. The second-order valence-electron chi connectivity index (χ2n) is 5.67. The molecule has 1 aliphatic rings. The van der Waals surface area contributed by atoms with E-state index in [1.165, 1.54) is 12.1 Å². The summed E-state index contributed by atoms with van der Waals surface area (Å²) in [4.78, 5) is 2.22. The highest BCUT2D eigenvalue weighted by Crippen LogP contribution is 2.16. The van der Waals surface area contributed by atoms with Crippen molar-refractivity contribution in [3.05, 3.63) is 35.4 Å². The number of rotatable bonds is 6. The Balaban J connectivity index is 2.07. The van der Waals surface area contributed by atoms with E-state index in [9.17, 15) is 8.78 Å². The Hall–Kier alpha value is -1.04. The van der Waals surface area contributed by atoms with Gasteiger partial charge in [0.1, 0.15) is 11.6 Å². The largest absolute Gasteiger partial charge is 0.374 e. The van der Waals surface area contributed by atoms with Gasteiger partial charge < -0.3 is 15.0 Å². The maximum absolute atomic E-state index is 13.9. The van der Waals surface area contributed by atoms with Crippen molar-refractivity contribution in [2.45, 2.75) is 31.9 Å². The van der Waals surface area contributed by atoms with Crippen LogP contribution in [0.5, 0.6) is 0 Å². The van der Waals surface area contributed by atoms with Crippen LogP contribution < -0.4 is 5.32 Å². The Morgan fingerprint density at radius 2 is 2.24 bits per heavy atom. The van der Waals surface area contributed by atoms with Gasteiger partial charge in [-0.2, -0.15) is 0 Å². The molecule has 0 spiro atoms. The van der Waals surface area contributed by atoms with E-state index in [-0.39, 0.29) is 12.1 Å². The first kappa shape index (κ1) is 16.3. The summed E-state index contributed by atoms with van der Waals surface area (Å²) in [6, 6.07) is 3.81. The average molecular weight is 298 g/mol. The van der Waals surface area contributed by atoms with E-state index in [2.05, 4.69) is 24.2 Å². The topological polar surface area (TPSA) is 24.5 Å². The standard InChI is InChI=1S/C16H24F2N2O/c1-3-6-19-15(16-11-20(2)7-8-21-16)9-12-4-5-13(17)10-14(12)18/h4-5,10,15-16,19H,3,6-9,11H2,1-2H3. The average Bonchev–Trinajstić information content (AvgIpc) is 2.45. The molecule has 3 nitrogen and oxygen atoms in total. The van der Waals surface area contributed by atoms with Gasteiger partial charge >= 0.3 is 0 Å². The van der Waals surface area contributed by atoms with Crippen molar-refractivity contribution in [2.24, 2.45) is 0 Å². The lowest BCUT2D eigenvalue weighted by atomic mass is 9.99. The van der Waals surface area contributed by atoms with Gasteiger partial charge in [-0.25, -0.2) is 8.78 Å². The van der Waals surface area contributed by atoms with Crippen molar-refractivity contribution < 1.29 is 13.5 Å². The van der Waals surface area contributed by atoms with E-state index in [1.807, 2.05) is 0 Å². The van der Waals surface area contributed by atoms with Crippen LogP contribution in [0.15, 0.2) is 18.2 Å². The molecule has 1 saturated heterocycles. The summed E-state index contributed by atoms with van der Waals surface area (Å²) in [5, 5.41) is 3.44. The highest BCUT2D eigenvalue weighted by molar-refractivity contribution is 5.20. The Morgan fingerprint density at radius 3 is 2.90 bits per heavy atom. The van der Waals surface area contributed by atoms with Gasteiger partial charge in [-0.15, -0.1) is 0 Å². The molecule has 0 radical (unpaired) electrons. The fourth-order valence-electron chi connectivity index (χ4n) is 2.64. The molecule has 1 heterocycles. The molecule has 2 atom stereocenters. The normalized spacial score (nSPS) is 21.4. The van der Waals surface area contributed by atoms with Crippen molar-refractivity contribution in [2.75, 3.05) is 33.3 Å². The summed E-state index contributed by atoms with van der Waals surface area (Å²) in [6.07, 6.45) is 1.54. The summed E-state index contributed by atoms with van der Waals surface area (Å²) >= 11 is 0. The Bertz CT molecular complexity index is 456. The molecule has 1 aliphatic heterocycles. The minimum absolute atomic E-state index is 0.0275. The summed E-state index contributed by atoms with van der Waals surface area (Å²) < 4.78 is 32.7. The third kappa shape index (κ3) is 4.73. The predicted molar refractivity (Wildman–Crippen MR) is 79.4 cm³/mol. The van der Waals surface area contributed by atoms with Crippen molar-refractivity contribution in [1.82, 2.24) is 10.2 Å². The highest BCUT2D eigenvalue weighted by Gasteiger charge is 2.27. The molecule has 1 aromatic carbocycles. The Kier molecular flexibility index (Phi) is 6.08. The van der Waals surface area contributed by atoms with Crippen LogP contribution in [0, 0.1) is 11.6 Å². The number of likely N-dealkylation sites (N-methyl/N-ethyl adjacent to an activating group) is 1. The van der Waals surface area contributed by atoms with Gasteiger partial charge in [-0.3, -0.25) is 0 Å². The molecule has 21 heavy (non-hydrogen) atoms. The second kappa shape index (κ2) is 7.82. The minimum Gasteiger partial charge on any atom is -0.374 e. The first-order valence-electron chi connectivity index (χ1n) is 7.57. The van der Waals surface area contributed by atoms with E-state index < -0.39 is 11.6 Å². The zero-order valence-corrected chi connectivity index (χ0v) is 12.7. The zero-order chi connectivity index (χ0) is 15.2. The molecule has 1 N–H and O–H groups in total. The quantitative estimate of drug-likeness (QED) is 0.871. The van der Waals surface area contributed by atoms with Crippen LogP contribution in [-0.2, 0) is 11.2 Å². The second-order valence-corrected chi connectivity index (χ2v) is 5.67. The van der Waals surface area contributed by atoms with Crippen LogP contribution in [0.4, 0.5) is 8.78 Å². The van der Waals surface area contributed by atoms with Crippen LogP contribution >= 0.6 is 0 Å². The first-order valence-corrected chi connectivity index (χ1v) is 7.57. The van der Waals surface area contributed by atoms with Crippen LogP contribution in [0.2, 0.25) is 0 Å². The number of nitrogens with zero attached hydrogens (tertiary/aromatic N) is 1. The lowest BCUT2D eigenvalue weighted by Crippen LogP contribution is -2.52. The number of hydrogen-bond acceptors (Lipinski definition) is 3. The monoisotopic (exact) mass is 298 g/mol. The maximum atomic E-state index is 13.9. The maximum Gasteiger partial charge on any atom is 0.129 e. The zero-order valence-electron chi connectivity index (χ0n) is 12.7. The summed E-state index contributed by atoms with van der Waals surface area (Å²) in [5.74, 6) is -1.02. The molecule has 2 unspecified atom stereocenters. The van der Waals surface area contributed by atoms with Crippen molar-refractivity contribution in [1.29, 1.82) is 0 Å². The number of morpholine rings is 1. The number of hydrogen-bond donors (Lipinski definition) is 1. The SMILES string of the molecule is CCCNC(Cc1ccc(F)cc1F)C1CN(C)CCO1. The van der Waals surface area contributed by atoms with E-state index >= 15 is 0 Å². The number of halogens is 2. The predicted octanol–water partition coefficient (Wildman–Crippen LogP) is 2.21. The van der Waals surface area contributed by atoms with Crippen molar-refractivity contribution in [3.63, 3.8) is 0 Å². The third-order valence-corrected chi connectivity index (χ3v) is 3.86. The fourth-order valence-corrected chi connectivity index (χ4v) is 2.64. The lowest BCUT2D eigenvalue weighted by Gasteiger charge is -2.35. The van der Waals surface area contributed by atoms with Gasteiger partial charge in [-0.05, 0) is 38.1 Å². The number of nitrogens with one attached hydrogen (secondary N) is 1. The van der Waals surface area contributed by atoms with E-state index in [4.69, 9.17) is 4.74 Å². The molecule has 0 saturated carbocycles. The van der Waals surface area contributed by atoms with E-state index in [1.54, 1.807) is 0 Å². The van der Waals surface area contributed by atoms with Crippen molar-refractivity contribution in [3.8, 4) is 0 Å². The Labute approximate surface area is 125 Å². The van der Waals surface area contributed by atoms with Gasteiger partial charge in [0, 0.05) is 25.2 Å². The van der Waals surface area contributed by atoms with Gasteiger partial charge in [0.05, 0.1) is 12.7 Å². The number of ether oxygens (including phenoxy) is 1. The molecule has 5 heteroatoms. The van der Waals surface area contributed by atoms with E-state index in [0.717, 1.165) is 32.1 Å². The van der Waals surface area contributed by atoms with Gasteiger partial charge in [0.2, 0.25) is 0 Å². The van der Waals surface area contributed by atoms with E-state index in [0.29, 0.717) is 18.6 Å². The molecule has 118 valence electrons. The molecule has 0 aromatic heterocycles. The molecule has 0 amide bonds. The van der Waals surface area contributed by atoms with Crippen LogP contribution in [0.1, 0.15) is 18.9 Å². The summed E-state index contributed by atoms with van der Waals surface area (Å²) in [5.41, 5.74) is 0.529. The lowest BCUT2D eigenvalue weighted by molar-refractivity contribution is -0.0384. The number of benzene rings is 1. The molecular formula is C16H24F2N2O. The fraction of sp³-hybridized carbons (Fsp3) is 0.625. The molecule has 1 aromatic rings. The summed E-state index contributed by atoms with van der Waals surface area (Å²) in [7, 11) is 2.06. The molecule has 2 rings (SSSR count). The Morgan fingerprint density at radius 1 is 1.43 bits per heavy atom. The van der Waals surface area contributed by atoms with Crippen LogP contribution in [0.25, 0.3) is 0 Å². The smallest absolute Gasteiger partial charge is 0.129 e. The van der Waals surface area contributed by atoms with Crippen LogP contribution in [0.3, 0.4) is 0 Å². The molecular weight excluding hydrogens is 274 g/mol. The van der Waals surface area contributed by atoms with Crippen molar-refractivity contribution >= 4 is 0 Å². The van der Waals surface area contributed by atoms with Gasteiger partial charge in [0.15, 0.2) is 0 Å². The molecule has 0 aliphatic carbocycles. The first-order chi connectivity index (χ1) is 10.1. The van der Waals surface area contributed by atoms with Gasteiger partial charge in [0.25, 0.3) is 0 Å². The third-order valence-electron chi connectivity index (χ3n) is 3.86. The molecule has 0 bridgehead atoms. The van der Waals surface area contributed by atoms with Gasteiger partial charge in [-0.1, -0.05) is 13.0 Å². The van der Waals surface area contributed by atoms with Crippen LogP contribution in [-0.4, -0.2) is 50.3 Å². The highest BCUT2D eigenvalue weighted by atomic mass is 19.1. The molecule has 1 fully saturated rings. The minimum atomic E-state index is -0.539.